The van der Waals surface area contributed by atoms with Gasteiger partial charge < -0.3 is 14.5 Å². The van der Waals surface area contributed by atoms with Gasteiger partial charge in [0.15, 0.2) is 0 Å². The number of nitrogens with one attached hydrogen (secondary N) is 1. The average Bonchev–Trinajstić information content (AvgIpc) is 2.67. The molecule has 1 N–H and O–H groups in total. The lowest BCUT2D eigenvalue weighted by molar-refractivity contribution is -0.930. The summed E-state index contributed by atoms with van der Waals surface area (Å²) in [5.41, 5.74) is 5.81. The van der Waals surface area contributed by atoms with Gasteiger partial charge in [0.05, 0.1) is 33.3 Å². The van der Waals surface area contributed by atoms with Crippen molar-refractivity contribution in [1.82, 2.24) is 0 Å². The van der Waals surface area contributed by atoms with Gasteiger partial charge in [0.1, 0.15) is 18.1 Å². The summed E-state index contributed by atoms with van der Waals surface area (Å²) in [5, 5.41) is 0. The predicted molar refractivity (Wildman–Crippen MR) is 106 cm³/mol. The fraction of sp³-hybridized carbons (Fsp3) is 0.409. The number of benzene rings is 2. The third-order valence-corrected chi connectivity index (χ3v) is 5.60. The minimum absolute atomic E-state index is 0.475. The van der Waals surface area contributed by atoms with Gasteiger partial charge in [-0.1, -0.05) is 0 Å². The van der Waals surface area contributed by atoms with E-state index in [2.05, 4.69) is 37.8 Å². The van der Waals surface area contributed by atoms with Gasteiger partial charge in [-0.15, -0.1) is 0 Å². The number of carbonyl (C=O) groups excluding carboxylic acids is 1. The maximum absolute atomic E-state index is 11.1. The number of piperazine rings is 1. The van der Waals surface area contributed by atoms with Gasteiger partial charge in [-0.2, -0.15) is 0 Å². The number of aryl methyl sites for hydroxylation is 2. The van der Waals surface area contributed by atoms with Crippen molar-refractivity contribution in [1.29, 1.82) is 0 Å². The topological polar surface area (TPSA) is 34.0 Å². The van der Waals surface area contributed by atoms with Crippen LogP contribution in [0.1, 0.15) is 40.0 Å². The normalized spacial score (nSPS) is 16.4. The van der Waals surface area contributed by atoms with E-state index in [1.54, 1.807) is 12.0 Å². The van der Waals surface area contributed by atoms with Crippen molar-refractivity contribution in [2.24, 2.45) is 0 Å². The minimum atomic E-state index is 0.475. The summed E-state index contributed by atoms with van der Waals surface area (Å²) >= 11 is 0. The number of hydrogen-bond acceptors (Lipinski definition) is 3. The predicted octanol–water partition coefficient (Wildman–Crippen LogP) is 2.59. The molecule has 3 rings (SSSR count). The Hall–Kier alpha value is -2.33. The molecule has 138 valence electrons. The van der Waals surface area contributed by atoms with Crippen LogP contribution < -0.4 is 14.5 Å². The molecule has 4 nitrogen and oxygen atoms in total. The second kappa shape index (κ2) is 7.92. The summed E-state index contributed by atoms with van der Waals surface area (Å²) in [6.07, 6.45) is 0.933. The zero-order chi connectivity index (χ0) is 18.7. The number of hydrogen-bond donors (Lipinski definition) is 1. The summed E-state index contributed by atoms with van der Waals surface area (Å²) in [5.74, 6) is 0.908. The molecule has 1 aliphatic rings. The summed E-state index contributed by atoms with van der Waals surface area (Å²) in [7, 11) is 1.70. The number of nitrogens with zero attached hydrogens (tertiary/aromatic N) is 1. The van der Waals surface area contributed by atoms with Crippen LogP contribution in [0.5, 0.6) is 5.75 Å². The number of aldehydes is 1. The lowest BCUT2D eigenvalue weighted by Crippen LogP contribution is -3.14. The first kappa shape index (κ1) is 18.5. The number of quaternary nitrogens is 1. The van der Waals surface area contributed by atoms with Crippen molar-refractivity contribution in [2.45, 2.75) is 26.8 Å². The molecule has 1 fully saturated rings. The van der Waals surface area contributed by atoms with Gasteiger partial charge >= 0.3 is 0 Å². The van der Waals surface area contributed by atoms with Crippen LogP contribution in [0.4, 0.5) is 5.69 Å². The fourth-order valence-electron chi connectivity index (χ4n) is 4.14. The number of rotatable bonds is 5. The summed E-state index contributed by atoms with van der Waals surface area (Å²) in [4.78, 5) is 15.2. The maximum Gasteiger partial charge on any atom is 0.150 e. The fourth-order valence-corrected chi connectivity index (χ4v) is 4.14. The third kappa shape index (κ3) is 3.75. The molecule has 0 unspecified atom stereocenters. The molecule has 1 heterocycles. The highest BCUT2D eigenvalue weighted by Gasteiger charge is 2.27. The largest absolute Gasteiger partial charge is 0.497 e. The minimum Gasteiger partial charge on any atom is -0.497 e. The number of ether oxygens (including phenoxy) is 1. The molecule has 1 atom stereocenters. The zero-order valence-corrected chi connectivity index (χ0v) is 16.2. The second-order valence-corrected chi connectivity index (χ2v) is 7.26. The Bertz CT molecular complexity index is 739. The van der Waals surface area contributed by atoms with Gasteiger partial charge in [-0.05, 0) is 68.3 Å². The van der Waals surface area contributed by atoms with Crippen LogP contribution in [0, 0.1) is 13.8 Å². The zero-order valence-electron chi connectivity index (χ0n) is 16.2. The van der Waals surface area contributed by atoms with Gasteiger partial charge in [0.25, 0.3) is 0 Å². The lowest BCUT2D eigenvalue weighted by atomic mass is 10.0. The molecule has 26 heavy (non-hydrogen) atoms. The first-order chi connectivity index (χ1) is 12.5. The molecule has 2 aromatic rings. The first-order valence-corrected chi connectivity index (χ1v) is 9.33. The van der Waals surface area contributed by atoms with E-state index < -0.39 is 0 Å². The number of carbonyl (C=O) groups is 1. The highest BCUT2D eigenvalue weighted by molar-refractivity contribution is 5.78. The van der Waals surface area contributed by atoms with E-state index in [0.717, 1.165) is 43.8 Å². The van der Waals surface area contributed by atoms with Crippen molar-refractivity contribution < 1.29 is 14.4 Å². The van der Waals surface area contributed by atoms with E-state index in [0.29, 0.717) is 6.04 Å². The lowest BCUT2D eigenvalue weighted by Gasteiger charge is -2.38. The summed E-state index contributed by atoms with van der Waals surface area (Å²) < 4.78 is 5.26. The summed E-state index contributed by atoms with van der Waals surface area (Å²) in [6, 6.07) is 12.9. The van der Waals surface area contributed by atoms with Crippen molar-refractivity contribution in [3.05, 3.63) is 58.7 Å². The van der Waals surface area contributed by atoms with Crippen LogP contribution >= 0.6 is 0 Å². The highest BCUT2D eigenvalue weighted by Crippen LogP contribution is 2.26. The molecule has 0 saturated carbocycles. The SMILES string of the molecule is COc1ccc([C@@H](C)[NH+]2CCN(c3c(C)cc(C=O)cc3C)CC2)cc1. The maximum atomic E-state index is 11.1. The molecule has 1 aliphatic heterocycles. The molecule has 0 aromatic heterocycles. The van der Waals surface area contributed by atoms with Crippen LogP contribution in [-0.2, 0) is 0 Å². The van der Waals surface area contributed by atoms with Gasteiger partial charge in [0.2, 0.25) is 0 Å². The number of methoxy groups -OCH3 is 1. The van der Waals surface area contributed by atoms with E-state index in [9.17, 15) is 4.79 Å². The first-order valence-electron chi connectivity index (χ1n) is 9.33. The highest BCUT2D eigenvalue weighted by atomic mass is 16.5. The Balaban J connectivity index is 1.68. The Morgan fingerprint density at radius 3 is 2.15 bits per heavy atom. The van der Waals surface area contributed by atoms with E-state index >= 15 is 0 Å². The average molecular weight is 353 g/mol. The van der Waals surface area contributed by atoms with Crippen LogP contribution in [0.25, 0.3) is 0 Å². The Kier molecular flexibility index (Phi) is 5.62. The van der Waals surface area contributed by atoms with Crippen LogP contribution in [0.15, 0.2) is 36.4 Å². The monoisotopic (exact) mass is 353 g/mol. The molecule has 0 spiro atoms. The van der Waals surface area contributed by atoms with Crippen LogP contribution in [0.3, 0.4) is 0 Å². The summed E-state index contributed by atoms with van der Waals surface area (Å²) in [6.45, 7) is 10.8. The Labute approximate surface area is 156 Å². The molecular formula is C22H29N2O2+. The van der Waals surface area contributed by atoms with Crippen LogP contribution in [-0.4, -0.2) is 39.6 Å². The molecule has 1 saturated heterocycles. The molecule has 0 radical (unpaired) electrons. The van der Waals surface area contributed by atoms with E-state index in [1.807, 2.05) is 24.3 Å². The third-order valence-electron chi connectivity index (χ3n) is 5.60. The van der Waals surface area contributed by atoms with E-state index in [4.69, 9.17) is 4.74 Å². The molecule has 0 amide bonds. The molecule has 0 bridgehead atoms. The van der Waals surface area contributed by atoms with Gasteiger partial charge in [-0.3, -0.25) is 4.79 Å². The van der Waals surface area contributed by atoms with Crippen LogP contribution in [0.2, 0.25) is 0 Å². The molecule has 4 heteroatoms. The second-order valence-electron chi connectivity index (χ2n) is 7.26. The van der Waals surface area contributed by atoms with Gasteiger partial charge in [-0.25, -0.2) is 0 Å². The van der Waals surface area contributed by atoms with E-state index in [1.165, 1.54) is 22.4 Å². The van der Waals surface area contributed by atoms with Gasteiger partial charge in [0, 0.05) is 16.8 Å². The van der Waals surface area contributed by atoms with Crippen molar-refractivity contribution in [3.63, 3.8) is 0 Å². The quantitative estimate of drug-likeness (QED) is 0.839. The molecule has 0 aliphatic carbocycles. The smallest absolute Gasteiger partial charge is 0.150 e. The van der Waals surface area contributed by atoms with E-state index in [-0.39, 0.29) is 0 Å². The Morgan fingerprint density at radius 2 is 1.65 bits per heavy atom. The Morgan fingerprint density at radius 1 is 1.08 bits per heavy atom. The van der Waals surface area contributed by atoms with Crippen molar-refractivity contribution >= 4 is 12.0 Å². The molecular weight excluding hydrogens is 324 g/mol. The standard InChI is InChI=1S/C22H28N2O2/c1-16-13-19(15-25)14-17(2)22(16)24-11-9-23(10-12-24)18(3)20-5-7-21(26-4)8-6-20/h5-8,13-15,18H,9-12H2,1-4H3/p+1/t18-/m1/s1. The molecule has 2 aromatic carbocycles. The number of anilines is 1. The van der Waals surface area contributed by atoms with Crippen molar-refractivity contribution in [2.75, 3.05) is 38.2 Å². The van der Waals surface area contributed by atoms with Crippen molar-refractivity contribution in [3.8, 4) is 5.75 Å².